The van der Waals surface area contributed by atoms with Crippen molar-refractivity contribution in [2.45, 2.75) is 32.0 Å². The molecule has 9 heteroatoms. The molecule has 2 atom stereocenters. The van der Waals surface area contributed by atoms with Crippen molar-refractivity contribution in [3.63, 3.8) is 0 Å². The predicted octanol–water partition coefficient (Wildman–Crippen LogP) is 5.09. The number of thiophene rings is 1. The number of halogens is 1. The van der Waals surface area contributed by atoms with Gasteiger partial charge in [-0.2, -0.15) is 0 Å². The van der Waals surface area contributed by atoms with E-state index in [0.29, 0.717) is 21.7 Å². The van der Waals surface area contributed by atoms with E-state index in [9.17, 15) is 4.79 Å². The summed E-state index contributed by atoms with van der Waals surface area (Å²) in [6, 6.07) is 14.2. The van der Waals surface area contributed by atoms with Crippen LogP contribution in [-0.4, -0.2) is 58.3 Å². The van der Waals surface area contributed by atoms with Crippen LogP contribution in [0, 0.1) is 0 Å². The zero-order valence-electron chi connectivity index (χ0n) is 20.6. The molecule has 1 saturated heterocycles. The molecule has 1 aliphatic rings. The molecule has 4 aromatic rings. The van der Waals surface area contributed by atoms with Gasteiger partial charge < -0.3 is 15.4 Å². The minimum Gasteiger partial charge on any atom is -0.484 e. The molecule has 1 fully saturated rings. The van der Waals surface area contributed by atoms with Gasteiger partial charge in [0.15, 0.2) is 0 Å². The number of likely N-dealkylation sites (N-methyl/N-ethyl adjacent to an activating group) is 1. The van der Waals surface area contributed by atoms with Gasteiger partial charge in [-0.15, -0.1) is 11.3 Å². The number of imidazole rings is 1. The highest BCUT2D eigenvalue weighted by Gasteiger charge is 2.24. The molecule has 0 bridgehead atoms. The number of nitrogens with two attached hydrogens (primary N) is 1. The van der Waals surface area contributed by atoms with Crippen molar-refractivity contribution >= 4 is 34.5 Å². The van der Waals surface area contributed by atoms with E-state index < -0.39 is 5.91 Å². The van der Waals surface area contributed by atoms with E-state index in [0.717, 1.165) is 41.4 Å². The van der Waals surface area contributed by atoms with Crippen LogP contribution in [0.5, 0.6) is 5.75 Å². The lowest BCUT2D eigenvalue weighted by molar-refractivity contribution is 0.0998. The van der Waals surface area contributed by atoms with Crippen molar-refractivity contribution in [3.05, 3.63) is 75.9 Å². The van der Waals surface area contributed by atoms with Gasteiger partial charge in [0.05, 0.1) is 16.8 Å². The van der Waals surface area contributed by atoms with Crippen LogP contribution >= 0.6 is 22.9 Å². The van der Waals surface area contributed by atoms with Crippen LogP contribution in [0.1, 0.15) is 40.2 Å². The van der Waals surface area contributed by atoms with Crippen molar-refractivity contribution in [1.29, 1.82) is 0 Å². The zero-order chi connectivity index (χ0) is 25.4. The quantitative estimate of drug-likeness (QED) is 0.348. The van der Waals surface area contributed by atoms with Gasteiger partial charge >= 0.3 is 0 Å². The molecule has 2 N–H and O–H groups in total. The molecule has 1 aromatic carbocycles. The van der Waals surface area contributed by atoms with E-state index in [2.05, 4.69) is 45.5 Å². The highest BCUT2D eigenvalue weighted by atomic mass is 35.5. The van der Waals surface area contributed by atoms with Gasteiger partial charge in [-0.25, -0.2) is 4.98 Å². The SMILES string of the molecule is CC(Oc1cc(-c2cnc3ccc(CN4CCC(N(C)C)C4)cn23)sc1C(N)=O)c1ccccc1Cl. The first kappa shape index (κ1) is 24.8. The van der Waals surface area contributed by atoms with Gasteiger partial charge in [0, 0.05) is 48.5 Å². The van der Waals surface area contributed by atoms with Crippen molar-refractivity contribution in [2.75, 3.05) is 27.2 Å². The molecule has 36 heavy (non-hydrogen) atoms. The van der Waals surface area contributed by atoms with Crippen molar-refractivity contribution < 1.29 is 9.53 Å². The van der Waals surface area contributed by atoms with Crippen LogP contribution in [0.2, 0.25) is 5.02 Å². The average Bonchev–Trinajstić information content (AvgIpc) is 3.57. The van der Waals surface area contributed by atoms with Gasteiger partial charge in [-0.05, 0) is 45.1 Å². The normalized spacial score (nSPS) is 17.2. The van der Waals surface area contributed by atoms with Crippen LogP contribution in [-0.2, 0) is 6.54 Å². The lowest BCUT2D eigenvalue weighted by Crippen LogP contribution is -2.31. The Morgan fingerprint density at radius 2 is 2.11 bits per heavy atom. The Balaban J connectivity index is 1.43. The lowest BCUT2D eigenvalue weighted by Gasteiger charge is -2.20. The highest BCUT2D eigenvalue weighted by molar-refractivity contribution is 7.17. The van der Waals surface area contributed by atoms with Gasteiger partial charge in [0.2, 0.25) is 0 Å². The van der Waals surface area contributed by atoms with Gasteiger partial charge in [0.1, 0.15) is 22.4 Å². The van der Waals surface area contributed by atoms with Crippen LogP contribution < -0.4 is 10.5 Å². The molecule has 0 spiro atoms. The number of primary amides is 1. The van der Waals surface area contributed by atoms with E-state index in [1.54, 1.807) is 0 Å². The molecule has 2 unspecified atom stereocenters. The standard InChI is InChI=1S/C27H30ClN5O2S/c1-17(20-6-4-5-7-21(20)28)35-23-12-24(36-26(23)27(29)34)22-13-30-25-9-8-18(15-33(22)25)14-32-11-10-19(16-32)31(2)3/h4-9,12-13,15,17,19H,10-11,14,16H2,1-3H3,(H2,29,34). The second kappa shape index (κ2) is 10.2. The third-order valence-corrected chi connectivity index (χ3v) is 8.27. The van der Waals surface area contributed by atoms with Crippen LogP contribution in [0.4, 0.5) is 0 Å². The fraction of sp³-hybridized carbons (Fsp3) is 0.333. The molecule has 0 aliphatic carbocycles. The van der Waals surface area contributed by atoms with Gasteiger partial charge in [-0.3, -0.25) is 14.1 Å². The zero-order valence-corrected chi connectivity index (χ0v) is 22.2. The predicted molar refractivity (Wildman–Crippen MR) is 145 cm³/mol. The van der Waals surface area contributed by atoms with Crippen molar-refractivity contribution in [1.82, 2.24) is 19.2 Å². The largest absolute Gasteiger partial charge is 0.484 e. The Morgan fingerprint density at radius 1 is 1.31 bits per heavy atom. The number of aromatic nitrogens is 2. The lowest BCUT2D eigenvalue weighted by atomic mass is 10.1. The molecule has 7 nitrogen and oxygen atoms in total. The van der Waals surface area contributed by atoms with E-state index in [-0.39, 0.29) is 6.10 Å². The number of amides is 1. The maximum Gasteiger partial charge on any atom is 0.262 e. The van der Waals surface area contributed by atoms with Gasteiger partial charge in [-0.1, -0.05) is 35.9 Å². The number of pyridine rings is 1. The molecule has 4 heterocycles. The minimum absolute atomic E-state index is 0.348. The van der Waals surface area contributed by atoms with Gasteiger partial charge in [0.25, 0.3) is 5.91 Å². The third-order valence-electron chi connectivity index (χ3n) is 6.77. The molecule has 1 amide bonds. The molecular weight excluding hydrogens is 494 g/mol. The van der Waals surface area contributed by atoms with Crippen LogP contribution in [0.25, 0.3) is 16.2 Å². The van der Waals surface area contributed by atoms with Crippen molar-refractivity contribution in [2.24, 2.45) is 5.73 Å². The summed E-state index contributed by atoms with van der Waals surface area (Å²) in [6.45, 7) is 4.95. The average molecular weight is 524 g/mol. The summed E-state index contributed by atoms with van der Waals surface area (Å²) in [5, 5.41) is 0.616. The summed E-state index contributed by atoms with van der Waals surface area (Å²) in [6.07, 6.45) is 4.80. The second-order valence-corrected chi connectivity index (χ2v) is 11.0. The third kappa shape index (κ3) is 4.99. The summed E-state index contributed by atoms with van der Waals surface area (Å²) in [5.74, 6) is -0.0700. The fourth-order valence-electron chi connectivity index (χ4n) is 4.75. The van der Waals surface area contributed by atoms with E-state index >= 15 is 0 Å². The number of likely N-dealkylation sites (tertiary alicyclic amines) is 1. The second-order valence-electron chi connectivity index (χ2n) is 9.50. The molecule has 0 radical (unpaired) electrons. The van der Waals surface area contributed by atoms with E-state index in [1.807, 2.05) is 49.5 Å². The van der Waals surface area contributed by atoms with Crippen LogP contribution in [0.3, 0.4) is 0 Å². The Labute approximate surface area is 220 Å². The highest BCUT2D eigenvalue weighted by Crippen LogP contribution is 2.39. The summed E-state index contributed by atoms with van der Waals surface area (Å²) >= 11 is 7.67. The minimum atomic E-state index is -0.522. The van der Waals surface area contributed by atoms with Crippen molar-refractivity contribution in [3.8, 4) is 16.3 Å². The maximum atomic E-state index is 12.3. The number of ether oxygens (including phenoxy) is 1. The summed E-state index contributed by atoms with van der Waals surface area (Å²) < 4.78 is 8.27. The topological polar surface area (TPSA) is 76.1 Å². The maximum absolute atomic E-state index is 12.3. The molecule has 5 rings (SSSR count). The van der Waals surface area contributed by atoms with E-state index in [4.69, 9.17) is 22.1 Å². The summed E-state index contributed by atoms with van der Waals surface area (Å²) in [5.41, 5.74) is 9.53. The Kier molecular flexibility index (Phi) is 7.03. The Hall–Kier alpha value is -2.91. The molecular formula is C27H30ClN5O2S. The number of hydrogen-bond acceptors (Lipinski definition) is 6. The molecule has 3 aromatic heterocycles. The first-order valence-electron chi connectivity index (χ1n) is 12.0. The Bertz CT molecular complexity index is 1400. The molecule has 188 valence electrons. The number of carbonyl (C=O) groups excluding carboxylic acids is 1. The number of rotatable bonds is 8. The molecule has 1 aliphatic heterocycles. The Morgan fingerprint density at radius 3 is 2.83 bits per heavy atom. The monoisotopic (exact) mass is 523 g/mol. The number of nitrogens with zero attached hydrogens (tertiary/aromatic N) is 4. The fourth-order valence-corrected chi connectivity index (χ4v) is 5.99. The summed E-state index contributed by atoms with van der Waals surface area (Å²) in [4.78, 5) is 22.9. The smallest absolute Gasteiger partial charge is 0.262 e. The summed E-state index contributed by atoms with van der Waals surface area (Å²) in [7, 11) is 4.29. The number of hydrogen-bond donors (Lipinski definition) is 1. The first-order chi connectivity index (χ1) is 17.3. The first-order valence-corrected chi connectivity index (χ1v) is 13.2. The van der Waals surface area contributed by atoms with Crippen LogP contribution in [0.15, 0.2) is 54.9 Å². The number of carbonyl (C=O) groups is 1. The number of benzene rings is 1. The number of fused-ring (bicyclic) bond motifs is 1. The molecule has 0 saturated carbocycles. The van der Waals surface area contributed by atoms with E-state index in [1.165, 1.54) is 23.3 Å².